The van der Waals surface area contributed by atoms with E-state index in [4.69, 9.17) is 7.89 Å². The van der Waals surface area contributed by atoms with Crippen LogP contribution < -0.4 is 5.73 Å². The zero-order valence-corrected chi connectivity index (χ0v) is 3.36. The van der Waals surface area contributed by atoms with E-state index in [0.717, 1.165) is 6.92 Å². The first-order valence-electron chi connectivity index (χ1n) is 2.43. The van der Waals surface area contributed by atoms with Crippen molar-refractivity contribution in [2.45, 2.75) is 12.9 Å². The molecule has 3 heteroatoms. The van der Waals surface area contributed by atoms with Gasteiger partial charge in [0.15, 0.2) is 0 Å². The van der Waals surface area contributed by atoms with Crippen LogP contribution in [0.15, 0.2) is 0 Å². The monoisotopic (exact) mass is 91.1 g/mol. The van der Waals surface area contributed by atoms with Crippen molar-refractivity contribution in [2.75, 3.05) is 0 Å². The van der Waals surface area contributed by atoms with Crippen molar-refractivity contribution >= 4 is 5.97 Å². The molecule has 36 valence electrons. The molecule has 0 heterocycles. The van der Waals surface area contributed by atoms with Crippen LogP contribution in [0.3, 0.4) is 0 Å². The highest BCUT2D eigenvalue weighted by atomic mass is 16.4. The summed E-state index contributed by atoms with van der Waals surface area (Å²) >= 11 is 0. The van der Waals surface area contributed by atoms with Crippen molar-refractivity contribution in [3.05, 3.63) is 0 Å². The maximum Gasteiger partial charge on any atom is 0.320 e. The molecule has 0 saturated heterocycles. The minimum Gasteiger partial charge on any atom is -0.480 e. The Labute approximate surface area is 38.6 Å². The Kier molecular flexibility index (Phi) is 0.759. The number of carboxylic acids is 1. The molecule has 0 aromatic carbocycles. The summed E-state index contributed by atoms with van der Waals surface area (Å²) in [6.45, 7) is 1.09. The third kappa shape index (κ3) is 1.72. The third-order valence-corrected chi connectivity index (χ3v) is 0.321. The van der Waals surface area contributed by atoms with Gasteiger partial charge in [-0.25, -0.2) is 0 Å². The van der Waals surface area contributed by atoms with E-state index in [0.29, 0.717) is 0 Å². The van der Waals surface area contributed by atoms with Gasteiger partial charge in [0, 0.05) is 0 Å². The van der Waals surface area contributed by atoms with Crippen LogP contribution in [0, 0.1) is 0 Å². The van der Waals surface area contributed by atoms with Crippen molar-refractivity contribution in [3.8, 4) is 0 Å². The first-order valence-corrected chi connectivity index (χ1v) is 1.43. The average molecular weight is 91.1 g/mol. The normalized spacial score (nSPS) is 23.5. The van der Waals surface area contributed by atoms with Gasteiger partial charge in [-0.05, 0) is 6.92 Å². The molecule has 0 bridgehead atoms. The van der Waals surface area contributed by atoms with Crippen molar-refractivity contribution in [1.29, 1.82) is 0 Å². The van der Waals surface area contributed by atoms with Gasteiger partial charge in [0.25, 0.3) is 0 Å². The highest BCUT2D eigenvalue weighted by molar-refractivity contribution is 5.72. The molecule has 0 aliphatic rings. The summed E-state index contributed by atoms with van der Waals surface area (Å²) in [5.41, 5.74) is 1.56. The van der Waals surface area contributed by atoms with Crippen LogP contribution >= 0.6 is 0 Å². The predicted molar refractivity (Wildman–Crippen MR) is 21.3 cm³/mol. The molecular formula is C3H7NO2. The van der Waals surface area contributed by atoms with E-state index in [9.17, 15) is 4.79 Å². The van der Waals surface area contributed by atoms with E-state index < -0.39 is 12.0 Å². The molecule has 0 radical (unpaired) electrons. The molecule has 0 aliphatic heterocycles. The number of carbonyl (C=O) groups is 1. The first-order chi connectivity index (χ1) is 3.50. The molecule has 0 amide bonds. The van der Waals surface area contributed by atoms with E-state index >= 15 is 0 Å². The summed E-state index contributed by atoms with van der Waals surface area (Å²) in [5, 5.41) is 8.07. The Hall–Kier alpha value is -0.570. The molecule has 0 aromatic rings. The molecule has 0 rings (SSSR count). The number of rotatable bonds is 2. The van der Waals surface area contributed by atoms with Gasteiger partial charge in [-0.2, -0.15) is 0 Å². The molecule has 1 unspecified atom stereocenters. The predicted octanol–water partition coefficient (Wildman–Crippen LogP) is -0.582. The zero-order chi connectivity index (χ0) is 6.78. The molecule has 6 heavy (non-hydrogen) atoms. The lowest BCUT2D eigenvalue weighted by molar-refractivity contribution is -0.138. The smallest absolute Gasteiger partial charge is 0.320 e. The molecular weight excluding hydrogens is 82.0 g/mol. The van der Waals surface area contributed by atoms with E-state index in [1.165, 1.54) is 0 Å². The van der Waals surface area contributed by atoms with Crippen molar-refractivity contribution in [3.63, 3.8) is 0 Å². The summed E-state index contributed by atoms with van der Waals surface area (Å²) in [7, 11) is 0. The summed E-state index contributed by atoms with van der Waals surface area (Å²) < 4.78 is 13.0. The molecule has 3 N–H and O–H groups in total. The number of carboxylic acid groups (broad SMARTS) is 1. The Morgan fingerprint density at radius 3 is 3.00 bits per heavy atom. The standard InChI is InChI=1S/C3H7NO2/c1-2(4)3(5)6/h2H,4H2,1H3,(H,5,6)/i2D/hD. The van der Waals surface area contributed by atoms with Gasteiger partial charge >= 0.3 is 5.97 Å². The van der Waals surface area contributed by atoms with Crippen molar-refractivity contribution in [1.82, 2.24) is 0 Å². The SMILES string of the molecule is [2H]NC([2H])(C)C(=O)O. The Morgan fingerprint density at radius 2 is 3.00 bits per heavy atom. The highest BCUT2D eigenvalue weighted by Gasteiger charge is 1.99. The second-order valence-corrected chi connectivity index (χ2v) is 0.930. The molecule has 3 nitrogen and oxygen atoms in total. The van der Waals surface area contributed by atoms with E-state index in [1.807, 2.05) is 0 Å². The number of nitrogens with two attached hydrogens (primary N) is 1. The fourth-order valence-electron chi connectivity index (χ4n) is 0. The topological polar surface area (TPSA) is 63.3 Å². The Bertz CT molecular complexity index is 103. The zero-order valence-electron chi connectivity index (χ0n) is 5.36. The Morgan fingerprint density at radius 1 is 2.50 bits per heavy atom. The lowest BCUT2D eigenvalue weighted by Crippen LogP contribution is -2.25. The van der Waals surface area contributed by atoms with Gasteiger partial charge in [0.1, 0.15) is 7.43 Å². The average Bonchev–Trinajstić information content (AvgIpc) is 1.67. The minimum atomic E-state index is -1.88. The fraction of sp³-hybridized carbons (Fsp3) is 0.667. The van der Waals surface area contributed by atoms with Crippen LogP contribution in [0.2, 0.25) is 1.41 Å². The van der Waals surface area contributed by atoms with Gasteiger partial charge in [-0.15, -0.1) is 0 Å². The van der Waals surface area contributed by atoms with Crippen LogP contribution in [-0.4, -0.2) is 17.1 Å². The molecule has 0 spiro atoms. The molecule has 0 aromatic heterocycles. The fourth-order valence-corrected chi connectivity index (χ4v) is 0. The molecule has 0 saturated carbocycles. The van der Waals surface area contributed by atoms with E-state index in [2.05, 4.69) is 0 Å². The number of hydrogen-bond acceptors (Lipinski definition) is 2. The number of aliphatic carboxylic acids is 1. The largest absolute Gasteiger partial charge is 0.480 e. The van der Waals surface area contributed by atoms with E-state index in [-0.39, 0.29) is 0 Å². The highest BCUT2D eigenvalue weighted by Crippen LogP contribution is 1.68. The van der Waals surface area contributed by atoms with Crippen molar-refractivity contribution < 1.29 is 12.7 Å². The Balaban J connectivity index is 3.91. The van der Waals surface area contributed by atoms with Gasteiger partial charge in [-0.3, -0.25) is 4.79 Å². The van der Waals surface area contributed by atoms with Gasteiger partial charge in [0.05, 0.1) is 1.37 Å². The summed E-state index contributed by atoms with van der Waals surface area (Å²) in [5.74, 6) is -1.35. The molecule has 1 atom stereocenters. The van der Waals surface area contributed by atoms with E-state index in [1.54, 1.807) is 5.73 Å². The summed E-state index contributed by atoms with van der Waals surface area (Å²) in [4.78, 5) is 9.88. The number of hydrogen-bond donors (Lipinski definition) is 2. The van der Waals surface area contributed by atoms with Gasteiger partial charge in [0.2, 0.25) is 0 Å². The quantitative estimate of drug-likeness (QED) is 0.477. The third-order valence-electron chi connectivity index (χ3n) is 0.321. The summed E-state index contributed by atoms with van der Waals surface area (Å²) in [6, 6.07) is -1.88. The van der Waals surface area contributed by atoms with Crippen LogP contribution in [0.25, 0.3) is 0 Å². The maximum absolute atomic E-state index is 9.88. The second kappa shape index (κ2) is 1.77. The first kappa shape index (κ1) is 2.58. The summed E-state index contributed by atoms with van der Waals surface area (Å²) in [6.07, 6.45) is 0. The van der Waals surface area contributed by atoms with Crippen LogP contribution in [0.4, 0.5) is 0 Å². The van der Waals surface area contributed by atoms with Crippen molar-refractivity contribution in [2.24, 2.45) is 5.73 Å². The lowest BCUT2D eigenvalue weighted by atomic mass is 10.4. The second-order valence-electron chi connectivity index (χ2n) is 0.930. The van der Waals surface area contributed by atoms with Gasteiger partial charge in [-0.1, -0.05) is 0 Å². The van der Waals surface area contributed by atoms with Gasteiger partial charge < -0.3 is 10.8 Å². The lowest BCUT2D eigenvalue weighted by Gasteiger charge is -1.90. The molecule has 0 aliphatic carbocycles. The maximum atomic E-state index is 9.88. The minimum absolute atomic E-state index is 1.09. The van der Waals surface area contributed by atoms with Crippen LogP contribution in [0.5, 0.6) is 0 Å². The van der Waals surface area contributed by atoms with Crippen LogP contribution in [-0.2, 0) is 4.79 Å². The van der Waals surface area contributed by atoms with Crippen LogP contribution in [0.1, 0.15) is 8.29 Å². The molecule has 0 fully saturated rings.